The van der Waals surface area contributed by atoms with Crippen LogP contribution >= 0.6 is 0 Å². The van der Waals surface area contributed by atoms with E-state index >= 15 is 0 Å². The van der Waals surface area contributed by atoms with Gasteiger partial charge in [-0.05, 0) is 13.8 Å². The number of hydrogen-bond donors (Lipinski definition) is 1. The molecule has 0 saturated carbocycles. The van der Waals surface area contributed by atoms with Crippen LogP contribution in [-0.4, -0.2) is 41.4 Å². The van der Waals surface area contributed by atoms with Crippen molar-refractivity contribution in [2.24, 2.45) is 5.92 Å². The lowest BCUT2D eigenvalue weighted by Crippen LogP contribution is -2.51. The maximum atomic E-state index is 9.41. The molecule has 0 bridgehead atoms. The zero-order valence-corrected chi connectivity index (χ0v) is 9.84. The van der Waals surface area contributed by atoms with Crippen molar-refractivity contribution >= 4 is 5.82 Å². The second-order valence-electron chi connectivity index (χ2n) is 4.26. The van der Waals surface area contributed by atoms with Crippen LogP contribution in [0, 0.1) is 12.8 Å². The quantitative estimate of drug-likeness (QED) is 0.813. The number of aryl methyl sites for hydroxylation is 1. The molecule has 0 aromatic carbocycles. The smallest absolute Gasteiger partial charge is 0.318 e. The topological polar surface area (TPSA) is 58.5 Å². The van der Waals surface area contributed by atoms with E-state index < -0.39 is 0 Å². The van der Waals surface area contributed by atoms with Gasteiger partial charge in [0, 0.05) is 30.8 Å². The van der Waals surface area contributed by atoms with Crippen molar-refractivity contribution in [2.45, 2.75) is 20.0 Å². The summed E-state index contributed by atoms with van der Waals surface area (Å²) in [4.78, 5) is 10.5. The van der Waals surface area contributed by atoms with E-state index in [4.69, 9.17) is 4.74 Å². The molecule has 1 aliphatic rings. The first-order chi connectivity index (χ1) is 7.60. The van der Waals surface area contributed by atoms with Gasteiger partial charge in [0.05, 0.1) is 13.2 Å². The summed E-state index contributed by atoms with van der Waals surface area (Å²) in [6, 6.07) is 2.33. The molecule has 1 fully saturated rings. The minimum absolute atomic E-state index is 0.249. The Balaban J connectivity index is 2.08. The van der Waals surface area contributed by atoms with Crippen molar-refractivity contribution in [2.75, 3.05) is 25.1 Å². The minimum atomic E-state index is -0.249. The van der Waals surface area contributed by atoms with E-state index in [1.54, 1.807) is 7.11 Å². The van der Waals surface area contributed by atoms with Crippen LogP contribution in [0.15, 0.2) is 6.07 Å². The highest BCUT2D eigenvalue weighted by Crippen LogP contribution is 2.26. The Kier molecular flexibility index (Phi) is 2.96. The first kappa shape index (κ1) is 11.1. The van der Waals surface area contributed by atoms with Gasteiger partial charge in [-0.1, -0.05) is 0 Å². The molecule has 0 amide bonds. The van der Waals surface area contributed by atoms with Gasteiger partial charge in [-0.25, -0.2) is 4.98 Å². The molecular formula is C11H17N3O2. The second-order valence-corrected chi connectivity index (χ2v) is 4.26. The van der Waals surface area contributed by atoms with Crippen LogP contribution in [-0.2, 0) is 0 Å². The fourth-order valence-electron chi connectivity index (χ4n) is 1.78. The third-order valence-corrected chi connectivity index (χ3v) is 2.92. The average Bonchev–Trinajstić information content (AvgIpc) is 2.13. The summed E-state index contributed by atoms with van der Waals surface area (Å²) in [5.74, 6) is 1.22. The Morgan fingerprint density at radius 2 is 2.19 bits per heavy atom. The standard InChI is InChI=1S/C11H17N3O2/c1-7-4-10(13-11(12-7)16-3)14-5-9(6-14)8(2)15/h4,8-9,15H,5-6H2,1-3H3. The molecule has 5 heteroatoms. The molecule has 1 N–H and O–H groups in total. The van der Waals surface area contributed by atoms with Crippen LogP contribution in [0.25, 0.3) is 0 Å². The molecule has 1 aliphatic heterocycles. The average molecular weight is 223 g/mol. The normalized spacial score (nSPS) is 18.1. The molecule has 1 atom stereocenters. The van der Waals surface area contributed by atoms with Crippen molar-refractivity contribution < 1.29 is 9.84 Å². The Hall–Kier alpha value is -1.36. The predicted octanol–water partition coefficient (Wildman–Crippen LogP) is 0.611. The summed E-state index contributed by atoms with van der Waals surface area (Å²) < 4.78 is 5.03. The fourth-order valence-corrected chi connectivity index (χ4v) is 1.78. The lowest BCUT2D eigenvalue weighted by atomic mass is 9.95. The molecule has 1 aromatic heterocycles. The molecule has 1 unspecified atom stereocenters. The zero-order valence-electron chi connectivity index (χ0n) is 9.84. The second kappa shape index (κ2) is 4.25. The van der Waals surface area contributed by atoms with Gasteiger partial charge in [-0.2, -0.15) is 4.98 Å². The van der Waals surface area contributed by atoms with E-state index in [1.165, 1.54) is 0 Å². The van der Waals surface area contributed by atoms with E-state index in [0.29, 0.717) is 11.9 Å². The summed E-state index contributed by atoms with van der Waals surface area (Å²) in [5.41, 5.74) is 0.891. The van der Waals surface area contributed by atoms with Crippen LogP contribution in [0.3, 0.4) is 0 Å². The number of hydrogen-bond acceptors (Lipinski definition) is 5. The van der Waals surface area contributed by atoms with Gasteiger partial charge < -0.3 is 14.7 Å². The SMILES string of the molecule is COc1nc(C)cc(N2CC(C(C)O)C2)n1. The lowest BCUT2D eigenvalue weighted by Gasteiger charge is -2.41. The van der Waals surface area contributed by atoms with Crippen LogP contribution in [0.5, 0.6) is 6.01 Å². The maximum Gasteiger partial charge on any atom is 0.318 e. The number of aliphatic hydroxyl groups is 1. The van der Waals surface area contributed by atoms with Crippen LogP contribution in [0.2, 0.25) is 0 Å². The van der Waals surface area contributed by atoms with E-state index in [-0.39, 0.29) is 6.10 Å². The number of ether oxygens (including phenoxy) is 1. The monoisotopic (exact) mass is 223 g/mol. The van der Waals surface area contributed by atoms with E-state index in [1.807, 2.05) is 19.9 Å². The Bertz CT molecular complexity index is 375. The lowest BCUT2D eigenvalue weighted by molar-refractivity contribution is 0.107. The molecular weight excluding hydrogens is 206 g/mol. The molecule has 2 heterocycles. The molecule has 88 valence electrons. The first-order valence-corrected chi connectivity index (χ1v) is 5.43. The molecule has 0 radical (unpaired) electrons. The van der Waals surface area contributed by atoms with Gasteiger partial charge in [0.1, 0.15) is 5.82 Å². The molecule has 2 rings (SSSR count). The van der Waals surface area contributed by atoms with Gasteiger partial charge in [-0.3, -0.25) is 0 Å². The van der Waals surface area contributed by atoms with Crippen LogP contribution in [0.1, 0.15) is 12.6 Å². The molecule has 5 nitrogen and oxygen atoms in total. The van der Waals surface area contributed by atoms with Crippen molar-refractivity contribution in [1.29, 1.82) is 0 Å². The van der Waals surface area contributed by atoms with Gasteiger partial charge >= 0.3 is 6.01 Å². The number of rotatable bonds is 3. The minimum Gasteiger partial charge on any atom is -0.467 e. The van der Waals surface area contributed by atoms with Gasteiger partial charge in [0.15, 0.2) is 0 Å². The summed E-state index contributed by atoms with van der Waals surface area (Å²) in [6.07, 6.45) is -0.249. The molecule has 0 spiro atoms. The van der Waals surface area contributed by atoms with Crippen molar-refractivity contribution in [3.05, 3.63) is 11.8 Å². The van der Waals surface area contributed by atoms with Crippen molar-refractivity contribution in [1.82, 2.24) is 9.97 Å². The number of anilines is 1. The van der Waals surface area contributed by atoms with Gasteiger partial charge in [0.25, 0.3) is 0 Å². The van der Waals surface area contributed by atoms with Crippen molar-refractivity contribution in [3.63, 3.8) is 0 Å². The third kappa shape index (κ3) is 2.09. The molecule has 0 aliphatic carbocycles. The summed E-state index contributed by atoms with van der Waals surface area (Å²) in [7, 11) is 1.56. The zero-order chi connectivity index (χ0) is 11.7. The van der Waals surface area contributed by atoms with E-state index in [2.05, 4.69) is 14.9 Å². The van der Waals surface area contributed by atoms with Gasteiger partial charge in [0.2, 0.25) is 0 Å². The number of aliphatic hydroxyl groups excluding tert-OH is 1. The maximum absolute atomic E-state index is 9.41. The fraction of sp³-hybridized carbons (Fsp3) is 0.636. The van der Waals surface area contributed by atoms with Crippen LogP contribution < -0.4 is 9.64 Å². The van der Waals surface area contributed by atoms with Gasteiger partial charge in [-0.15, -0.1) is 0 Å². The number of aromatic nitrogens is 2. The first-order valence-electron chi connectivity index (χ1n) is 5.43. The predicted molar refractivity (Wildman–Crippen MR) is 60.7 cm³/mol. The Morgan fingerprint density at radius 1 is 1.50 bits per heavy atom. The highest BCUT2D eigenvalue weighted by molar-refractivity contribution is 5.43. The summed E-state index contributed by atoms with van der Waals surface area (Å²) >= 11 is 0. The summed E-state index contributed by atoms with van der Waals surface area (Å²) in [5, 5.41) is 9.41. The Morgan fingerprint density at radius 3 is 2.75 bits per heavy atom. The Labute approximate surface area is 95.1 Å². The van der Waals surface area contributed by atoms with Crippen LogP contribution in [0.4, 0.5) is 5.82 Å². The number of nitrogens with zero attached hydrogens (tertiary/aromatic N) is 3. The molecule has 1 aromatic rings. The molecule has 1 saturated heterocycles. The van der Waals surface area contributed by atoms with Crippen molar-refractivity contribution in [3.8, 4) is 6.01 Å². The highest BCUT2D eigenvalue weighted by atomic mass is 16.5. The van der Waals surface area contributed by atoms with E-state index in [0.717, 1.165) is 24.6 Å². The largest absolute Gasteiger partial charge is 0.467 e. The highest BCUT2D eigenvalue weighted by Gasteiger charge is 2.31. The summed E-state index contributed by atoms with van der Waals surface area (Å²) in [6.45, 7) is 5.43. The number of methoxy groups -OCH3 is 1. The third-order valence-electron chi connectivity index (χ3n) is 2.92. The molecule has 16 heavy (non-hydrogen) atoms. The van der Waals surface area contributed by atoms with E-state index in [9.17, 15) is 5.11 Å².